The molecule has 0 radical (unpaired) electrons. The van der Waals surface area contributed by atoms with Crippen LogP contribution in [-0.2, 0) is 6.54 Å². The van der Waals surface area contributed by atoms with E-state index in [2.05, 4.69) is 5.32 Å². The van der Waals surface area contributed by atoms with E-state index in [0.717, 1.165) is 23.4 Å². The Hall–Kier alpha value is -3.28. The minimum absolute atomic E-state index is 0.418. The van der Waals surface area contributed by atoms with Crippen LogP contribution < -0.4 is 10.2 Å². The second-order valence-electron chi connectivity index (χ2n) is 6.07. The third-order valence-electron chi connectivity index (χ3n) is 4.11. The molecule has 0 saturated heterocycles. The first kappa shape index (κ1) is 18.5. The highest BCUT2D eigenvalue weighted by atomic mass is 19.2. The highest BCUT2D eigenvalue weighted by Gasteiger charge is 2.18. The number of nitrogens with one attached hydrogen (secondary N) is 1. The van der Waals surface area contributed by atoms with Gasteiger partial charge < -0.3 is 10.2 Å². The lowest BCUT2D eigenvalue weighted by molar-refractivity contribution is 0.102. The molecule has 1 amide bonds. The van der Waals surface area contributed by atoms with E-state index in [0.29, 0.717) is 12.2 Å². The van der Waals surface area contributed by atoms with Crippen LogP contribution in [-0.4, -0.2) is 13.0 Å². The zero-order valence-electron chi connectivity index (χ0n) is 14.5. The lowest BCUT2D eigenvalue weighted by Crippen LogP contribution is -2.17. The first-order valence-corrected chi connectivity index (χ1v) is 8.25. The predicted molar refractivity (Wildman–Crippen MR) is 99.3 cm³/mol. The normalized spacial score (nSPS) is 10.5. The minimum Gasteiger partial charge on any atom is -0.370 e. The first-order valence-electron chi connectivity index (χ1n) is 8.25. The minimum atomic E-state index is -1.67. The SMILES string of the molecule is CN(Cc1ccccc1)c1ccc(NC(=O)c2ccc(F)c(F)c2F)cc1. The predicted octanol–water partition coefficient (Wildman–Crippen LogP) is 4.99. The van der Waals surface area contributed by atoms with Gasteiger partial charge in [-0.1, -0.05) is 30.3 Å². The van der Waals surface area contributed by atoms with Crippen molar-refractivity contribution in [3.63, 3.8) is 0 Å². The number of hydrogen-bond donors (Lipinski definition) is 1. The van der Waals surface area contributed by atoms with Crippen molar-refractivity contribution in [3.05, 3.63) is 95.3 Å². The van der Waals surface area contributed by atoms with Crippen molar-refractivity contribution < 1.29 is 18.0 Å². The van der Waals surface area contributed by atoms with Crippen LogP contribution in [0.3, 0.4) is 0 Å². The van der Waals surface area contributed by atoms with E-state index in [4.69, 9.17) is 0 Å². The fraction of sp³-hybridized carbons (Fsp3) is 0.0952. The number of rotatable bonds is 5. The third kappa shape index (κ3) is 4.28. The second kappa shape index (κ2) is 7.95. The van der Waals surface area contributed by atoms with Crippen LogP contribution in [0.2, 0.25) is 0 Å². The summed E-state index contributed by atoms with van der Waals surface area (Å²) in [7, 11) is 1.94. The maximum absolute atomic E-state index is 13.7. The van der Waals surface area contributed by atoms with E-state index in [1.54, 1.807) is 24.3 Å². The van der Waals surface area contributed by atoms with Crippen molar-refractivity contribution >= 4 is 17.3 Å². The van der Waals surface area contributed by atoms with Crippen LogP contribution in [0.15, 0.2) is 66.7 Å². The molecule has 3 rings (SSSR count). The summed E-state index contributed by atoms with van der Waals surface area (Å²) >= 11 is 0. The molecule has 0 aromatic heterocycles. The summed E-state index contributed by atoms with van der Waals surface area (Å²) < 4.78 is 40.0. The van der Waals surface area contributed by atoms with Crippen LogP contribution in [0.4, 0.5) is 24.5 Å². The van der Waals surface area contributed by atoms with E-state index < -0.39 is 28.9 Å². The summed E-state index contributed by atoms with van der Waals surface area (Å²) in [5.41, 5.74) is 1.95. The van der Waals surface area contributed by atoms with E-state index >= 15 is 0 Å². The van der Waals surface area contributed by atoms with Crippen LogP contribution in [0, 0.1) is 17.5 Å². The molecule has 0 saturated carbocycles. The monoisotopic (exact) mass is 370 g/mol. The van der Waals surface area contributed by atoms with Gasteiger partial charge in [0.15, 0.2) is 17.5 Å². The van der Waals surface area contributed by atoms with Crippen LogP contribution in [0.5, 0.6) is 0 Å². The summed E-state index contributed by atoms with van der Waals surface area (Å²) in [5, 5.41) is 2.47. The van der Waals surface area contributed by atoms with Gasteiger partial charge in [0.1, 0.15) is 0 Å². The number of benzene rings is 3. The van der Waals surface area contributed by atoms with Crippen LogP contribution >= 0.6 is 0 Å². The molecule has 0 spiro atoms. The lowest BCUT2D eigenvalue weighted by Gasteiger charge is -2.20. The van der Waals surface area contributed by atoms with Gasteiger partial charge in [-0.2, -0.15) is 0 Å². The molecule has 0 fully saturated rings. The first-order chi connectivity index (χ1) is 13.0. The average molecular weight is 370 g/mol. The topological polar surface area (TPSA) is 32.3 Å². The molecule has 138 valence electrons. The maximum Gasteiger partial charge on any atom is 0.258 e. The largest absolute Gasteiger partial charge is 0.370 e. The smallest absolute Gasteiger partial charge is 0.258 e. The fourth-order valence-electron chi connectivity index (χ4n) is 2.65. The average Bonchev–Trinajstić information content (AvgIpc) is 2.67. The van der Waals surface area contributed by atoms with Gasteiger partial charge in [0, 0.05) is 25.0 Å². The van der Waals surface area contributed by atoms with Gasteiger partial charge in [0.25, 0.3) is 5.91 Å². The Kier molecular flexibility index (Phi) is 5.45. The van der Waals surface area contributed by atoms with Crippen molar-refractivity contribution in [1.82, 2.24) is 0 Å². The van der Waals surface area contributed by atoms with Crippen molar-refractivity contribution in [2.75, 3.05) is 17.3 Å². The number of halogens is 3. The van der Waals surface area contributed by atoms with E-state index in [-0.39, 0.29) is 0 Å². The number of amides is 1. The molecule has 3 nitrogen and oxygen atoms in total. The van der Waals surface area contributed by atoms with Crippen molar-refractivity contribution in [2.45, 2.75) is 6.54 Å². The molecule has 0 heterocycles. The molecule has 0 atom stereocenters. The number of hydrogen-bond acceptors (Lipinski definition) is 2. The fourth-order valence-corrected chi connectivity index (χ4v) is 2.65. The molecular formula is C21H17F3N2O. The molecular weight excluding hydrogens is 353 g/mol. The number of nitrogens with zero attached hydrogens (tertiary/aromatic N) is 1. The van der Waals surface area contributed by atoms with Gasteiger partial charge in [-0.15, -0.1) is 0 Å². The van der Waals surface area contributed by atoms with Gasteiger partial charge in [-0.3, -0.25) is 4.79 Å². The van der Waals surface area contributed by atoms with Gasteiger partial charge >= 0.3 is 0 Å². The molecule has 3 aromatic rings. The molecule has 0 aliphatic carbocycles. The summed E-state index contributed by atoms with van der Waals surface area (Å²) in [4.78, 5) is 14.1. The van der Waals surface area contributed by atoms with E-state index in [1.807, 2.05) is 42.3 Å². The van der Waals surface area contributed by atoms with E-state index in [9.17, 15) is 18.0 Å². The van der Waals surface area contributed by atoms with Crippen LogP contribution in [0.1, 0.15) is 15.9 Å². The molecule has 3 aromatic carbocycles. The molecule has 0 unspecified atom stereocenters. The van der Waals surface area contributed by atoms with Crippen molar-refractivity contribution in [1.29, 1.82) is 0 Å². The number of carbonyl (C=O) groups excluding carboxylic acids is 1. The van der Waals surface area contributed by atoms with Gasteiger partial charge in [0.05, 0.1) is 5.56 Å². The molecule has 27 heavy (non-hydrogen) atoms. The van der Waals surface area contributed by atoms with Gasteiger partial charge in [0.2, 0.25) is 0 Å². The standard InChI is InChI=1S/C21H17F3N2O/c1-26(13-14-5-3-2-4-6-14)16-9-7-15(8-10-16)25-21(27)17-11-12-18(22)20(24)19(17)23/h2-12H,13H2,1H3,(H,25,27). The van der Waals surface area contributed by atoms with Gasteiger partial charge in [-0.25, -0.2) is 13.2 Å². The van der Waals surface area contributed by atoms with Crippen LogP contribution in [0.25, 0.3) is 0 Å². The van der Waals surface area contributed by atoms with Crippen molar-refractivity contribution in [2.24, 2.45) is 0 Å². The molecule has 0 aliphatic heterocycles. The molecule has 1 N–H and O–H groups in total. The molecule has 0 aliphatic rings. The Labute approximate surface area is 155 Å². The summed E-state index contributed by atoms with van der Waals surface area (Å²) in [6.07, 6.45) is 0. The Morgan fingerprint density at radius 2 is 1.56 bits per heavy atom. The summed E-state index contributed by atoms with van der Waals surface area (Å²) in [6.45, 7) is 0.715. The zero-order valence-corrected chi connectivity index (χ0v) is 14.5. The molecule has 6 heteroatoms. The maximum atomic E-state index is 13.7. The summed E-state index contributed by atoms with van der Waals surface area (Å²) in [5.74, 6) is -5.36. The van der Waals surface area contributed by atoms with Gasteiger partial charge in [-0.05, 0) is 42.0 Å². The Morgan fingerprint density at radius 1 is 0.889 bits per heavy atom. The Bertz CT molecular complexity index is 944. The second-order valence-corrected chi connectivity index (χ2v) is 6.07. The molecule has 0 bridgehead atoms. The Balaban J connectivity index is 1.69. The third-order valence-corrected chi connectivity index (χ3v) is 4.11. The zero-order chi connectivity index (χ0) is 19.4. The quantitative estimate of drug-likeness (QED) is 0.642. The highest BCUT2D eigenvalue weighted by Crippen LogP contribution is 2.21. The summed E-state index contributed by atoms with van der Waals surface area (Å²) in [6, 6.07) is 18.5. The highest BCUT2D eigenvalue weighted by molar-refractivity contribution is 6.04. The Morgan fingerprint density at radius 3 is 2.22 bits per heavy atom. The van der Waals surface area contributed by atoms with E-state index in [1.165, 1.54) is 0 Å². The van der Waals surface area contributed by atoms with Crippen molar-refractivity contribution in [3.8, 4) is 0 Å². The number of anilines is 2. The lowest BCUT2D eigenvalue weighted by atomic mass is 10.1. The number of carbonyl (C=O) groups is 1.